The largest absolute Gasteiger partial charge is 0.490 e. The van der Waals surface area contributed by atoms with Crippen LogP contribution in [0, 0.1) is 6.92 Å². The first kappa shape index (κ1) is 25.5. The van der Waals surface area contributed by atoms with Gasteiger partial charge in [-0.3, -0.25) is 15.0 Å². The lowest BCUT2D eigenvalue weighted by Gasteiger charge is -2.34. The highest BCUT2D eigenvalue weighted by molar-refractivity contribution is 5.90. The summed E-state index contributed by atoms with van der Waals surface area (Å²) in [6.45, 7) is 4.89. The van der Waals surface area contributed by atoms with E-state index in [1.165, 1.54) is 35.7 Å². The quantitative estimate of drug-likeness (QED) is 0.209. The second kappa shape index (κ2) is 11.2. The zero-order valence-corrected chi connectivity index (χ0v) is 23.4. The third-order valence-electron chi connectivity index (χ3n) is 8.45. The lowest BCUT2D eigenvalue weighted by molar-refractivity contribution is 0.114. The molecule has 6 heteroatoms. The van der Waals surface area contributed by atoms with Gasteiger partial charge in [-0.2, -0.15) is 5.10 Å². The first-order valence-corrected chi connectivity index (χ1v) is 14.7. The molecule has 0 aliphatic carbocycles. The molecule has 0 bridgehead atoms. The van der Waals surface area contributed by atoms with E-state index < -0.39 is 0 Å². The van der Waals surface area contributed by atoms with Crippen LogP contribution in [-0.2, 0) is 6.42 Å². The summed E-state index contributed by atoms with van der Waals surface area (Å²) in [6.07, 6.45) is 8.81. The van der Waals surface area contributed by atoms with E-state index in [-0.39, 0.29) is 6.04 Å². The predicted molar refractivity (Wildman–Crippen MR) is 166 cm³/mol. The summed E-state index contributed by atoms with van der Waals surface area (Å²) in [7, 11) is 0. The van der Waals surface area contributed by atoms with Gasteiger partial charge in [0.1, 0.15) is 12.4 Å². The number of hydrogen-bond acceptors (Lipinski definition) is 4. The van der Waals surface area contributed by atoms with Crippen LogP contribution < -0.4 is 4.74 Å². The highest BCUT2D eigenvalue weighted by atomic mass is 16.5. The first-order chi connectivity index (χ1) is 20.2. The monoisotopic (exact) mass is 541 g/mol. The molecule has 206 valence electrons. The van der Waals surface area contributed by atoms with Crippen LogP contribution in [0.4, 0.5) is 0 Å². The van der Waals surface area contributed by atoms with Gasteiger partial charge < -0.3 is 9.72 Å². The Morgan fingerprint density at radius 1 is 0.854 bits per heavy atom. The SMILES string of the molecule is Cc1n[nH]c2ccc(-c3cc(OC[C@H](Cc4c[nH]c5ccccc45)N4CCCCC4)cnc3-c3ccccc3)cc12. The van der Waals surface area contributed by atoms with Gasteiger partial charge in [-0.05, 0) is 74.7 Å². The van der Waals surface area contributed by atoms with Crippen LogP contribution in [0.25, 0.3) is 44.2 Å². The van der Waals surface area contributed by atoms with Crippen LogP contribution in [-0.4, -0.2) is 50.8 Å². The second-order valence-electron chi connectivity index (χ2n) is 11.1. The van der Waals surface area contributed by atoms with Gasteiger partial charge in [0.2, 0.25) is 0 Å². The molecule has 0 unspecified atom stereocenters. The number of aromatic nitrogens is 4. The summed E-state index contributed by atoms with van der Waals surface area (Å²) >= 11 is 0. The molecule has 3 aromatic carbocycles. The van der Waals surface area contributed by atoms with Crippen molar-refractivity contribution in [3.63, 3.8) is 0 Å². The van der Waals surface area contributed by atoms with Crippen molar-refractivity contribution < 1.29 is 4.74 Å². The molecule has 41 heavy (non-hydrogen) atoms. The van der Waals surface area contributed by atoms with Gasteiger partial charge in [-0.1, -0.05) is 61.0 Å². The highest BCUT2D eigenvalue weighted by Gasteiger charge is 2.23. The Labute approximate surface area is 240 Å². The van der Waals surface area contributed by atoms with E-state index in [1.54, 1.807) is 0 Å². The molecule has 1 fully saturated rings. The number of benzene rings is 3. The van der Waals surface area contributed by atoms with E-state index in [0.29, 0.717) is 6.61 Å². The van der Waals surface area contributed by atoms with Crippen LogP contribution in [0.2, 0.25) is 0 Å². The maximum Gasteiger partial charge on any atom is 0.138 e. The number of fused-ring (bicyclic) bond motifs is 2. The number of rotatable bonds is 8. The highest BCUT2D eigenvalue weighted by Crippen LogP contribution is 2.35. The fourth-order valence-electron chi connectivity index (χ4n) is 6.21. The number of ether oxygens (including phenoxy) is 1. The molecule has 0 saturated carbocycles. The summed E-state index contributed by atoms with van der Waals surface area (Å²) in [5.74, 6) is 0.796. The molecule has 7 rings (SSSR count). The van der Waals surface area contributed by atoms with Gasteiger partial charge in [0.15, 0.2) is 0 Å². The van der Waals surface area contributed by atoms with Gasteiger partial charge in [-0.15, -0.1) is 0 Å². The number of aromatic amines is 2. The molecule has 6 aromatic rings. The fraction of sp³-hybridized carbons (Fsp3) is 0.257. The Balaban J connectivity index is 1.21. The van der Waals surface area contributed by atoms with Crippen molar-refractivity contribution in [1.29, 1.82) is 0 Å². The number of H-pyrrole nitrogens is 2. The second-order valence-corrected chi connectivity index (χ2v) is 11.1. The van der Waals surface area contributed by atoms with Crippen LogP contribution in [0.5, 0.6) is 5.75 Å². The number of nitrogens with zero attached hydrogens (tertiary/aromatic N) is 3. The zero-order valence-electron chi connectivity index (χ0n) is 23.4. The lowest BCUT2D eigenvalue weighted by atomic mass is 9.98. The third-order valence-corrected chi connectivity index (χ3v) is 8.45. The van der Waals surface area contributed by atoms with Crippen molar-refractivity contribution in [1.82, 2.24) is 25.1 Å². The molecule has 6 nitrogen and oxygen atoms in total. The van der Waals surface area contributed by atoms with Crippen molar-refractivity contribution in [2.45, 2.75) is 38.6 Å². The molecule has 0 radical (unpaired) electrons. The van der Waals surface area contributed by atoms with Crippen LogP contribution >= 0.6 is 0 Å². The predicted octanol–water partition coefficient (Wildman–Crippen LogP) is 7.56. The van der Waals surface area contributed by atoms with Crippen LogP contribution in [0.15, 0.2) is 91.3 Å². The Kier molecular flexibility index (Phi) is 6.99. The molecule has 2 N–H and O–H groups in total. The van der Waals surface area contributed by atoms with Gasteiger partial charge in [0.25, 0.3) is 0 Å². The number of pyridine rings is 1. The van der Waals surface area contributed by atoms with E-state index >= 15 is 0 Å². The molecular formula is C35H35N5O. The molecular weight excluding hydrogens is 506 g/mol. The average Bonchev–Trinajstić information content (AvgIpc) is 3.62. The number of piperidine rings is 1. The van der Waals surface area contributed by atoms with Crippen molar-refractivity contribution in [3.05, 3.63) is 103 Å². The summed E-state index contributed by atoms with van der Waals surface area (Å²) < 4.78 is 6.60. The Hall–Kier alpha value is -4.42. The summed E-state index contributed by atoms with van der Waals surface area (Å²) in [5, 5.41) is 9.94. The number of para-hydroxylation sites is 1. The minimum absolute atomic E-state index is 0.289. The van der Waals surface area contributed by atoms with Gasteiger partial charge in [-0.25, -0.2) is 0 Å². The zero-order chi connectivity index (χ0) is 27.6. The van der Waals surface area contributed by atoms with E-state index in [2.05, 4.69) is 99.1 Å². The maximum atomic E-state index is 6.60. The summed E-state index contributed by atoms with van der Waals surface area (Å²) in [5.41, 5.74) is 8.76. The van der Waals surface area contributed by atoms with Crippen LogP contribution in [0.3, 0.4) is 0 Å². The van der Waals surface area contributed by atoms with Crippen LogP contribution in [0.1, 0.15) is 30.5 Å². The fourth-order valence-corrected chi connectivity index (χ4v) is 6.21. The molecule has 3 aromatic heterocycles. The normalized spacial score (nSPS) is 15.0. The summed E-state index contributed by atoms with van der Waals surface area (Å²) in [4.78, 5) is 11.0. The number of hydrogen-bond donors (Lipinski definition) is 2. The smallest absolute Gasteiger partial charge is 0.138 e. The molecule has 0 amide bonds. The number of likely N-dealkylation sites (tertiary alicyclic amines) is 1. The van der Waals surface area contributed by atoms with Gasteiger partial charge >= 0.3 is 0 Å². The van der Waals surface area contributed by atoms with E-state index in [1.807, 2.05) is 19.2 Å². The topological polar surface area (TPSA) is 69.8 Å². The van der Waals surface area contributed by atoms with E-state index in [9.17, 15) is 0 Å². The molecule has 1 atom stereocenters. The van der Waals surface area contributed by atoms with Crippen molar-refractivity contribution in [2.24, 2.45) is 0 Å². The standard InChI is InChI=1S/C35H35N5O/c1-24-31-19-26(14-15-34(31)39-38-24)32-20-29(22-37-35(32)25-10-4-2-5-11-25)41-23-28(40-16-8-3-9-17-40)18-27-21-36-33-13-7-6-12-30(27)33/h2,4-7,10-15,19-22,28,36H,3,8-9,16-18,23H2,1H3,(H,38,39)/t28-/m0/s1. The molecule has 1 saturated heterocycles. The Morgan fingerprint density at radius 3 is 2.56 bits per heavy atom. The Morgan fingerprint density at radius 2 is 1.68 bits per heavy atom. The summed E-state index contributed by atoms with van der Waals surface area (Å²) in [6, 6.07) is 27.8. The average molecular weight is 542 g/mol. The molecule has 0 spiro atoms. The minimum atomic E-state index is 0.289. The molecule has 1 aliphatic heterocycles. The third kappa shape index (κ3) is 5.23. The molecule has 1 aliphatic rings. The lowest BCUT2D eigenvalue weighted by Crippen LogP contribution is -2.44. The van der Waals surface area contributed by atoms with Gasteiger partial charge in [0, 0.05) is 39.7 Å². The Bertz CT molecular complexity index is 1780. The van der Waals surface area contributed by atoms with Gasteiger partial charge in [0.05, 0.1) is 23.1 Å². The number of aryl methyl sites for hydroxylation is 1. The maximum absolute atomic E-state index is 6.60. The molecule has 4 heterocycles. The van der Waals surface area contributed by atoms with Crippen molar-refractivity contribution >= 4 is 21.8 Å². The van der Waals surface area contributed by atoms with E-state index in [4.69, 9.17) is 9.72 Å². The number of nitrogens with one attached hydrogen (secondary N) is 2. The van der Waals surface area contributed by atoms with Crippen molar-refractivity contribution in [2.75, 3.05) is 19.7 Å². The minimum Gasteiger partial charge on any atom is -0.490 e. The van der Waals surface area contributed by atoms with E-state index in [0.717, 1.165) is 64.2 Å². The van der Waals surface area contributed by atoms with Crippen molar-refractivity contribution in [3.8, 4) is 28.1 Å². The first-order valence-electron chi connectivity index (χ1n) is 14.7.